The van der Waals surface area contributed by atoms with Crippen LogP contribution in [0.2, 0.25) is 0 Å². The zero-order valence-electron chi connectivity index (χ0n) is 11.5. The number of hydrogen-bond acceptors (Lipinski definition) is 4. The van der Waals surface area contributed by atoms with Crippen LogP contribution in [0.25, 0.3) is 0 Å². The summed E-state index contributed by atoms with van der Waals surface area (Å²) in [5.74, 6) is 0.296. The van der Waals surface area contributed by atoms with Crippen molar-refractivity contribution < 1.29 is 9.53 Å². The van der Waals surface area contributed by atoms with Gasteiger partial charge in [0.1, 0.15) is 0 Å². The molecule has 0 aliphatic heterocycles. The van der Waals surface area contributed by atoms with Crippen LogP contribution in [-0.4, -0.2) is 30.6 Å². The molecule has 2 rings (SSSR count). The predicted octanol–water partition coefficient (Wildman–Crippen LogP) is 2.56. The van der Waals surface area contributed by atoms with E-state index in [0.717, 1.165) is 19.4 Å². The first-order chi connectivity index (χ1) is 9.26. The van der Waals surface area contributed by atoms with E-state index in [-0.39, 0.29) is 5.97 Å². The summed E-state index contributed by atoms with van der Waals surface area (Å²) in [5, 5.41) is 4.00. The molecule has 0 saturated heterocycles. The van der Waals surface area contributed by atoms with Gasteiger partial charge in [0, 0.05) is 11.3 Å². The fraction of sp³-hybridized carbons (Fsp3) is 0.533. The van der Waals surface area contributed by atoms with Crippen molar-refractivity contribution in [2.75, 3.05) is 19.4 Å². The van der Waals surface area contributed by atoms with Crippen LogP contribution in [0.15, 0.2) is 24.3 Å². The van der Waals surface area contributed by atoms with Gasteiger partial charge in [-0.15, -0.1) is 11.8 Å². The summed E-state index contributed by atoms with van der Waals surface area (Å²) < 4.78 is 4.73. The van der Waals surface area contributed by atoms with Crippen LogP contribution >= 0.6 is 11.8 Å². The fourth-order valence-corrected chi connectivity index (χ4v) is 3.79. The van der Waals surface area contributed by atoms with Crippen molar-refractivity contribution in [3.05, 3.63) is 35.4 Å². The standard InChI is InChI=1S/C15H21NO2S/c1-3-16-15-12-7-5-4-6-11(12)8-9-13(15)19-10-14(17)18-2/h4-7,13,15-16H,3,8-10H2,1-2H3. The molecule has 2 unspecified atom stereocenters. The molecule has 0 saturated carbocycles. The molecule has 2 atom stereocenters. The summed E-state index contributed by atoms with van der Waals surface area (Å²) >= 11 is 1.70. The molecule has 1 aliphatic carbocycles. The van der Waals surface area contributed by atoms with Crippen LogP contribution in [0.4, 0.5) is 0 Å². The molecule has 0 spiro atoms. The number of ether oxygens (including phenoxy) is 1. The second-order valence-electron chi connectivity index (χ2n) is 4.70. The van der Waals surface area contributed by atoms with Crippen LogP contribution in [-0.2, 0) is 16.0 Å². The molecule has 0 fully saturated rings. The number of thioether (sulfide) groups is 1. The zero-order chi connectivity index (χ0) is 13.7. The van der Waals surface area contributed by atoms with Crippen molar-refractivity contribution in [2.24, 2.45) is 0 Å². The maximum absolute atomic E-state index is 11.3. The minimum absolute atomic E-state index is 0.140. The van der Waals surface area contributed by atoms with Gasteiger partial charge in [0.2, 0.25) is 0 Å². The van der Waals surface area contributed by atoms with Gasteiger partial charge in [-0.1, -0.05) is 31.2 Å². The number of nitrogens with one attached hydrogen (secondary N) is 1. The summed E-state index contributed by atoms with van der Waals surface area (Å²) in [5.41, 5.74) is 2.82. The second-order valence-corrected chi connectivity index (χ2v) is 5.93. The van der Waals surface area contributed by atoms with E-state index in [1.165, 1.54) is 18.2 Å². The van der Waals surface area contributed by atoms with E-state index in [1.807, 2.05) is 0 Å². The molecule has 0 aromatic heterocycles. The monoisotopic (exact) mass is 279 g/mol. The third-order valence-corrected chi connectivity index (χ3v) is 4.87. The van der Waals surface area contributed by atoms with Crippen molar-refractivity contribution in [3.63, 3.8) is 0 Å². The molecule has 1 N–H and O–H groups in total. The van der Waals surface area contributed by atoms with E-state index in [2.05, 4.69) is 36.5 Å². The van der Waals surface area contributed by atoms with Crippen LogP contribution in [0, 0.1) is 0 Å². The topological polar surface area (TPSA) is 38.3 Å². The Morgan fingerprint density at radius 1 is 1.47 bits per heavy atom. The molecule has 1 aromatic rings. The molecule has 0 amide bonds. The number of rotatable bonds is 5. The lowest BCUT2D eigenvalue weighted by molar-refractivity contribution is -0.137. The van der Waals surface area contributed by atoms with E-state index in [1.54, 1.807) is 11.8 Å². The summed E-state index contributed by atoms with van der Waals surface area (Å²) in [6.45, 7) is 3.06. The Morgan fingerprint density at radius 3 is 3.00 bits per heavy atom. The first-order valence-electron chi connectivity index (χ1n) is 6.75. The highest BCUT2D eigenvalue weighted by molar-refractivity contribution is 8.00. The third kappa shape index (κ3) is 3.51. The summed E-state index contributed by atoms with van der Waals surface area (Å²) in [6, 6.07) is 8.94. The lowest BCUT2D eigenvalue weighted by Gasteiger charge is -2.33. The van der Waals surface area contributed by atoms with Crippen molar-refractivity contribution in [1.29, 1.82) is 0 Å². The van der Waals surface area contributed by atoms with Crippen LogP contribution in [0.5, 0.6) is 0 Å². The molecule has 0 radical (unpaired) electrons. The van der Waals surface area contributed by atoms with Gasteiger partial charge in [0.25, 0.3) is 0 Å². The fourth-order valence-electron chi connectivity index (χ4n) is 2.60. The minimum Gasteiger partial charge on any atom is -0.468 e. The Balaban J connectivity index is 2.10. The number of hydrogen-bond donors (Lipinski definition) is 1. The summed E-state index contributed by atoms with van der Waals surface area (Å²) in [4.78, 5) is 11.3. The van der Waals surface area contributed by atoms with Crippen molar-refractivity contribution in [2.45, 2.75) is 31.1 Å². The maximum atomic E-state index is 11.3. The van der Waals surface area contributed by atoms with E-state index in [4.69, 9.17) is 4.74 Å². The van der Waals surface area contributed by atoms with E-state index in [0.29, 0.717) is 17.0 Å². The molecule has 0 heterocycles. The van der Waals surface area contributed by atoms with E-state index < -0.39 is 0 Å². The van der Waals surface area contributed by atoms with Gasteiger partial charge in [0.05, 0.1) is 12.9 Å². The molecule has 4 heteroatoms. The predicted molar refractivity (Wildman–Crippen MR) is 79.4 cm³/mol. The Hall–Kier alpha value is -1.00. The average molecular weight is 279 g/mol. The normalized spacial score (nSPS) is 21.8. The maximum Gasteiger partial charge on any atom is 0.315 e. The number of carbonyl (C=O) groups is 1. The smallest absolute Gasteiger partial charge is 0.315 e. The highest BCUT2D eigenvalue weighted by atomic mass is 32.2. The van der Waals surface area contributed by atoms with Gasteiger partial charge in [-0.3, -0.25) is 4.79 Å². The van der Waals surface area contributed by atoms with E-state index in [9.17, 15) is 4.79 Å². The number of esters is 1. The largest absolute Gasteiger partial charge is 0.468 e. The molecule has 1 aromatic carbocycles. The van der Waals surface area contributed by atoms with Gasteiger partial charge in [-0.2, -0.15) is 0 Å². The van der Waals surface area contributed by atoms with Gasteiger partial charge in [-0.05, 0) is 30.5 Å². The molecule has 0 bridgehead atoms. The van der Waals surface area contributed by atoms with Crippen molar-refractivity contribution in [3.8, 4) is 0 Å². The van der Waals surface area contributed by atoms with Crippen molar-refractivity contribution >= 4 is 17.7 Å². The number of fused-ring (bicyclic) bond motifs is 1. The molecular weight excluding hydrogens is 258 g/mol. The Morgan fingerprint density at radius 2 is 2.26 bits per heavy atom. The third-order valence-electron chi connectivity index (χ3n) is 3.53. The molecule has 104 valence electrons. The lowest BCUT2D eigenvalue weighted by atomic mass is 9.87. The molecule has 19 heavy (non-hydrogen) atoms. The van der Waals surface area contributed by atoms with Crippen LogP contribution in [0.1, 0.15) is 30.5 Å². The molecule has 1 aliphatic rings. The number of carbonyl (C=O) groups excluding carboxylic acids is 1. The van der Waals surface area contributed by atoms with E-state index >= 15 is 0 Å². The Labute approximate surface area is 119 Å². The molecular formula is C15H21NO2S. The highest BCUT2D eigenvalue weighted by Gasteiger charge is 2.29. The highest BCUT2D eigenvalue weighted by Crippen LogP contribution is 2.36. The summed E-state index contributed by atoms with van der Waals surface area (Å²) in [6.07, 6.45) is 2.20. The Bertz CT molecular complexity index is 436. The second kappa shape index (κ2) is 6.96. The van der Waals surface area contributed by atoms with Gasteiger partial charge < -0.3 is 10.1 Å². The summed E-state index contributed by atoms with van der Waals surface area (Å²) in [7, 11) is 1.45. The SMILES string of the molecule is CCNC1c2ccccc2CCC1SCC(=O)OC. The first kappa shape index (κ1) is 14.4. The Kier molecular flexibility index (Phi) is 5.28. The van der Waals surface area contributed by atoms with Crippen LogP contribution in [0.3, 0.4) is 0 Å². The van der Waals surface area contributed by atoms with Crippen LogP contribution < -0.4 is 5.32 Å². The van der Waals surface area contributed by atoms with Gasteiger partial charge in [0.15, 0.2) is 0 Å². The lowest BCUT2D eigenvalue weighted by Crippen LogP contribution is -2.34. The number of aryl methyl sites for hydroxylation is 1. The van der Waals surface area contributed by atoms with Gasteiger partial charge >= 0.3 is 5.97 Å². The average Bonchev–Trinajstić information content (AvgIpc) is 2.46. The number of methoxy groups -OCH3 is 1. The van der Waals surface area contributed by atoms with Crippen molar-refractivity contribution in [1.82, 2.24) is 5.32 Å². The first-order valence-corrected chi connectivity index (χ1v) is 7.80. The number of benzene rings is 1. The zero-order valence-corrected chi connectivity index (χ0v) is 12.3. The van der Waals surface area contributed by atoms with Gasteiger partial charge in [-0.25, -0.2) is 0 Å². The quantitative estimate of drug-likeness (QED) is 0.841. The molecule has 3 nitrogen and oxygen atoms in total. The minimum atomic E-state index is -0.140.